The number of carbonyl (C=O) groups excluding carboxylic acids is 1. The van der Waals surface area contributed by atoms with E-state index in [1.807, 2.05) is 0 Å². The fraction of sp³-hybridized carbons (Fsp3) is 0.182. The van der Waals surface area contributed by atoms with E-state index in [0.717, 1.165) is 17.0 Å². The van der Waals surface area contributed by atoms with Gasteiger partial charge in [-0.3, -0.25) is 19.1 Å². The van der Waals surface area contributed by atoms with E-state index in [2.05, 4.69) is 10.3 Å². The van der Waals surface area contributed by atoms with Crippen LogP contribution in [0.2, 0.25) is 0 Å². The van der Waals surface area contributed by atoms with E-state index >= 15 is 0 Å². The summed E-state index contributed by atoms with van der Waals surface area (Å²) in [5, 5.41) is 4.41. The minimum absolute atomic E-state index is 0.0308. The van der Waals surface area contributed by atoms with Crippen molar-refractivity contribution in [2.24, 2.45) is 0 Å². The van der Waals surface area contributed by atoms with Crippen LogP contribution in [0.15, 0.2) is 34.7 Å². The van der Waals surface area contributed by atoms with Gasteiger partial charge in [-0.1, -0.05) is 11.3 Å². The van der Waals surface area contributed by atoms with Gasteiger partial charge in [-0.25, -0.2) is 0 Å². The first-order valence-corrected chi connectivity index (χ1v) is 5.89. The Balaban J connectivity index is 2.06. The highest BCUT2D eigenvalue weighted by Crippen LogP contribution is 2.04. The highest BCUT2D eigenvalue weighted by Gasteiger charge is 2.08. The molecule has 0 atom stereocenters. The largest absolute Gasteiger partial charge is 0.323 e. The number of aromatic nitrogens is 2. The molecule has 0 aliphatic rings. The molecule has 0 fully saturated rings. The number of hydrogen-bond donors (Lipinski definition) is 1. The maximum atomic E-state index is 11.7. The van der Waals surface area contributed by atoms with Gasteiger partial charge in [0.1, 0.15) is 6.54 Å². The average molecular weight is 249 g/mol. The summed E-state index contributed by atoms with van der Waals surface area (Å²) in [6.07, 6.45) is 3.18. The van der Waals surface area contributed by atoms with E-state index in [-0.39, 0.29) is 17.3 Å². The molecule has 0 bridgehead atoms. The van der Waals surface area contributed by atoms with Gasteiger partial charge in [0.2, 0.25) is 5.91 Å². The van der Waals surface area contributed by atoms with E-state index in [9.17, 15) is 9.59 Å². The summed E-state index contributed by atoms with van der Waals surface area (Å²) >= 11 is 1.09. The molecule has 0 saturated carbocycles. The Morgan fingerprint density at radius 3 is 3.00 bits per heavy atom. The zero-order valence-corrected chi connectivity index (χ0v) is 10.0. The van der Waals surface area contributed by atoms with Gasteiger partial charge in [0.25, 0.3) is 0 Å². The number of hydrogen-bond acceptors (Lipinski definition) is 4. The molecule has 88 valence electrons. The lowest BCUT2D eigenvalue weighted by Crippen LogP contribution is -2.25. The van der Waals surface area contributed by atoms with Crippen molar-refractivity contribution in [3.8, 4) is 0 Å². The van der Waals surface area contributed by atoms with Crippen LogP contribution in [-0.2, 0) is 11.3 Å². The zero-order chi connectivity index (χ0) is 12.3. The number of anilines is 1. The normalized spacial score (nSPS) is 10.2. The molecule has 2 rings (SSSR count). The number of amides is 1. The number of rotatable bonds is 3. The van der Waals surface area contributed by atoms with Crippen LogP contribution in [0.5, 0.6) is 0 Å². The second kappa shape index (κ2) is 4.92. The molecule has 0 radical (unpaired) electrons. The van der Waals surface area contributed by atoms with Crippen LogP contribution < -0.4 is 10.2 Å². The number of pyridine rings is 1. The van der Waals surface area contributed by atoms with E-state index in [1.54, 1.807) is 36.8 Å². The lowest BCUT2D eigenvalue weighted by atomic mass is 10.4. The Hall–Kier alpha value is -1.95. The SMILES string of the molecule is Cc1csc(=O)n1CC(=O)Nc1cccnc1. The molecule has 5 nitrogen and oxygen atoms in total. The molecule has 2 aromatic heterocycles. The van der Waals surface area contributed by atoms with E-state index in [4.69, 9.17) is 0 Å². The second-order valence-electron chi connectivity index (χ2n) is 3.52. The van der Waals surface area contributed by atoms with Crippen molar-refractivity contribution in [1.29, 1.82) is 0 Å². The third-order valence-corrected chi connectivity index (χ3v) is 3.10. The molecule has 0 aliphatic heterocycles. The van der Waals surface area contributed by atoms with Crippen LogP contribution in [0.1, 0.15) is 5.69 Å². The molecule has 0 aliphatic carbocycles. The molecule has 1 amide bonds. The summed E-state index contributed by atoms with van der Waals surface area (Å²) in [5.74, 6) is -0.235. The van der Waals surface area contributed by atoms with Crippen LogP contribution >= 0.6 is 11.3 Å². The molecule has 2 aromatic rings. The van der Waals surface area contributed by atoms with Crippen LogP contribution in [0.3, 0.4) is 0 Å². The van der Waals surface area contributed by atoms with Gasteiger partial charge in [-0.2, -0.15) is 0 Å². The number of nitrogens with one attached hydrogen (secondary N) is 1. The highest BCUT2D eigenvalue weighted by atomic mass is 32.1. The molecule has 0 aromatic carbocycles. The highest BCUT2D eigenvalue weighted by molar-refractivity contribution is 7.07. The summed E-state index contributed by atoms with van der Waals surface area (Å²) in [5.41, 5.74) is 1.42. The van der Waals surface area contributed by atoms with Crippen molar-refractivity contribution in [2.45, 2.75) is 13.5 Å². The topological polar surface area (TPSA) is 64.0 Å². The lowest BCUT2D eigenvalue weighted by Gasteiger charge is -2.05. The number of aryl methyl sites for hydroxylation is 1. The molecule has 0 unspecified atom stereocenters. The van der Waals surface area contributed by atoms with Crippen LogP contribution in [0, 0.1) is 6.92 Å². The monoisotopic (exact) mass is 249 g/mol. The van der Waals surface area contributed by atoms with Crippen molar-refractivity contribution in [1.82, 2.24) is 9.55 Å². The maximum Gasteiger partial charge on any atom is 0.307 e. The molecule has 2 heterocycles. The van der Waals surface area contributed by atoms with Crippen LogP contribution in [-0.4, -0.2) is 15.5 Å². The minimum Gasteiger partial charge on any atom is -0.323 e. The Bertz CT molecular complexity index is 574. The first-order valence-electron chi connectivity index (χ1n) is 5.01. The smallest absolute Gasteiger partial charge is 0.307 e. The van der Waals surface area contributed by atoms with Gasteiger partial charge in [0.15, 0.2) is 0 Å². The Morgan fingerprint density at radius 1 is 1.59 bits per heavy atom. The number of carbonyl (C=O) groups is 1. The third kappa shape index (κ3) is 2.79. The van der Waals surface area contributed by atoms with Crippen molar-refractivity contribution in [3.05, 3.63) is 45.3 Å². The summed E-state index contributed by atoms with van der Waals surface area (Å²) in [6.45, 7) is 1.83. The van der Waals surface area contributed by atoms with E-state index in [0.29, 0.717) is 5.69 Å². The van der Waals surface area contributed by atoms with Crippen molar-refractivity contribution in [3.63, 3.8) is 0 Å². The van der Waals surface area contributed by atoms with Gasteiger partial charge < -0.3 is 5.32 Å². The summed E-state index contributed by atoms with van der Waals surface area (Å²) in [6, 6.07) is 3.48. The average Bonchev–Trinajstić information content (AvgIpc) is 2.62. The summed E-state index contributed by atoms with van der Waals surface area (Å²) in [4.78, 5) is 26.9. The quantitative estimate of drug-likeness (QED) is 0.890. The predicted molar refractivity (Wildman–Crippen MR) is 66.2 cm³/mol. The van der Waals surface area contributed by atoms with E-state index in [1.165, 1.54) is 4.57 Å². The van der Waals surface area contributed by atoms with Gasteiger partial charge in [-0.15, -0.1) is 0 Å². The Labute approximate surface area is 102 Å². The summed E-state index contributed by atoms with van der Waals surface area (Å²) < 4.78 is 1.44. The minimum atomic E-state index is -0.235. The molecule has 0 saturated heterocycles. The van der Waals surface area contributed by atoms with Gasteiger partial charge in [0, 0.05) is 17.3 Å². The summed E-state index contributed by atoms with van der Waals surface area (Å²) in [7, 11) is 0. The second-order valence-corrected chi connectivity index (χ2v) is 4.34. The van der Waals surface area contributed by atoms with Crippen molar-refractivity contribution in [2.75, 3.05) is 5.32 Å². The lowest BCUT2D eigenvalue weighted by molar-refractivity contribution is -0.116. The fourth-order valence-electron chi connectivity index (χ4n) is 1.38. The first kappa shape index (κ1) is 11.5. The number of thiazole rings is 1. The molecular formula is C11H11N3O2S. The molecule has 0 spiro atoms. The fourth-order valence-corrected chi connectivity index (χ4v) is 2.11. The predicted octanol–water partition coefficient (Wildman–Crippen LogP) is 1.25. The van der Waals surface area contributed by atoms with Gasteiger partial charge in [-0.05, 0) is 19.1 Å². The van der Waals surface area contributed by atoms with Crippen molar-refractivity contribution >= 4 is 22.9 Å². The van der Waals surface area contributed by atoms with Gasteiger partial charge in [0.05, 0.1) is 11.9 Å². The Morgan fingerprint density at radius 2 is 2.41 bits per heavy atom. The number of nitrogens with zero attached hydrogens (tertiary/aromatic N) is 2. The van der Waals surface area contributed by atoms with E-state index < -0.39 is 0 Å². The molecule has 6 heteroatoms. The maximum absolute atomic E-state index is 11.7. The molecular weight excluding hydrogens is 238 g/mol. The zero-order valence-electron chi connectivity index (χ0n) is 9.21. The van der Waals surface area contributed by atoms with Gasteiger partial charge >= 0.3 is 4.87 Å². The first-order chi connectivity index (χ1) is 8.16. The van der Waals surface area contributed by atoms with Crippen molar-refractivity contribution < 1.29 is 4.79 Å². The third-order valence-electron chi connectivity index (χ3n) is 2.22. The van der Waals surface area contributed by atoms with Crippen LogP contribution in [0.25, 0.3) is 0 Å². The molecule has 1 N–H and O–H groups in total. The van der Waals surface area contributed by atoms with Crippen LogP contribution in [0.4, 0.5) is 5.69 Å². The standard InChI is InChI=1S/C11H11N3O2S/c1-8-7-17-11(16)14(8)6-10(15)13-9-3-2-4-12-5-9/h2-5,7H,6H2,1H3,(H,13,15). The Kier molecular flexibility index (Phi) is 3.34. The molecule has 17 heavy (non-hydrogen) atoms.